The molecule has 0 saturated heterocycles. The summed E-state index contributed by atoms with van der Waals surface area (Å²) in [5, 5.41) is 9.84. The number of carbonyl (C=O) groups is 2. The van der Waals surface area contributed by atoms with Gasteiger partial charge in [-0.15, -0.1) is 0 Å². The number of benzene rings is 3. The predicted molar refractivity (Wildman–Crippen MR) is 134 cm³/mol. The standard InChI is InChI=1S/C27H24N6O2/c1-19-30-24-16-21(11-12-25(24)33(19)23-9-3-2-4-10-23)27(35)28-17-20-7-5-8-22(15-20)31-26(34)18-32-14-6-13-29-32/h2-16H,17-18H2,1H3,(H,28,35)(H,31,34). The third-order valence-electron chi connectivity index (χ3n) is 5.63. The Hall–Kier alpha value is -4.72. The van der Waals surface area contributed by atoms with Crippen LogP contribution in [0.2, 0.25) is 0 Å². The van der Waals surface area contributed by atoms with Crippen molar-refractivity contribution in [3.63, 3.8) is 0 Å². The monoisotopic (exact) mass is 464 g/mol. The van der Waals surface area contributed by atoms with Gasteiger partial charge in [-0.1, -0.05) is 30.3 Å². The largest absolute Gasteiger partial charge is 0.348 e. The van der Waals surface area contributed by atoms with Gasteiger partial charge in [0, 0.05) is 35.9 Å². The number of para-hydroxylation sites is 1. The summed E-state index contributed by atoms with van der Waals surface area (Å²) in [6, 6.07) is 24.7. The van der Waals surface area contributed by atoms with Gasteiger partial charge >= 0.3 is 0 Å². The van der Waals surface area contributed by atoms with Gasteiger partial charge < -0.3 is 10.6 Å². The minimum absolute atomic E-state index is 0.135. The second-order valence-corrected chi connectivity index (χ2v) is 8.17. The topological polar surface area (TPSA) is 93.8 Å². The van der Waals surface area contributed by atoms with Gasteiger partial charge in [0.1, 0.15) is 12.4 Å². The molecule has 2 amide bonds. The van der Waals surface area contributed by atoms with Crippen LogP contribution in [0.5, 0.6) is 0 Å². The first-order valence-corrected chi connectivity index (χ1v) is 11.3. The molecule has 0 aliphatic carbocycles. The lowest BCUT2D eigenvalue weighted by atomic mass is 10.1. The quantitative estimate of drug-likeness (QED) is 0.379. The summed E-state index contributed by atoms with van der Waals surface area (Å²) in [7, 11) is 0. The first-order chi connectivity index (χ1) is 17.1. The number of carbonyl (C=O) groups excluding carboxylic acids is 2. The third-order valence-corrected chi connectivity index (χ3v) is 5.63. The fraction of sp³-hybridized carbons (Fsp3) is 0.111. The van der Waals surface area contributed by atoms with Crippen LogP contribution in [0, 0.1) is 6.92 Å². The van der Waals surface area contributed by atoms with E-state index in [2.05, 4.69) is 25.3 Å². The zero-order valence-corrected chi connectivity index (χ0v) is 19.2. The van der Waals surface area contributed by atoms with Crippen molar-refractivity contribution in [2.75, 3.05) is 5.32 Å². The number of nitrogens with one attached hydrogen (secondary N) is 2. The number of rotatable bonds is 7. The molecular formula is C27H24N6O2. The fourth-order valence-electron chi connectivity index (χ4n) is 4.03. The number of fused-ring (bicyclic) bond motifs is 1. The molecule has 3 aromatic carbocycles. The highest BCUT2D eigenvalue weighted by atomic mass is 16.2. The second kappa shape index (κ2) is 9.64. The molecule has 8 heteroatoms. The fourth-order valence-corrected chi connectivity index (χ4v) is 4.03. The van der Waals surface area contributed by atoms with Crippen molar-refractivity contribution in [2.45, 2.75) is 20.0 Å². The van der Waals surface area contributed by atoms with Crippen LogP contribution >= 0.6 is 0 Å². The Bertz CT molecular complexity index is 1490. The molecule has 0 unspecified atom stereocenters. The molecular weight excluding hydrogens is 440 g/mol. The van der Waals surface area contributed by atoms with Crippen LogP contribution in [0.25, 0.3) is 16.7 Å². The molecule has 2 heterocycles. The number of nitrogens with zero attached hydrogens (tertiary/aromatic N) is 4. The van der Waals surface area contributed by atoms with Crippen molar-refractivity contribution in [3.05, 3.63) is 108 Å². The Kier molecular flexibility index (Phi) is 6.09. The molecule has 35 heavy (non-hydrogen) atoms. The average molecular weight is 465 g/mol. The lowest BCUT2D eigenvalue weighted by Gasteiger charge is -2.09. The van der Waals surface area contributed by atoms with Gasteiger partial charge in [0.2, 0.25) is 5.91 Å². The maximum absolute atomic E-state index is 12.8. The maximum Gasteiger partial charge on any atom is 0.251 e. The van der Waals surface area contributed by atoms with E-state index in [9.17, 15) is 9.59 Å². The average Bonchev–Trinajstić information content (AvgIpc) is 3.49. The molecule has 5 rings (SSSR count). The Morgan fingerprint density at radius 3 is 2.60 bits per heavy atom. The van der Waals surface area contributed by atoms with Crippen LogP contribution < -0.4 is 10.6 Å². The number of hydrogen-bond acceptors (Lipinski definition) is 4. The minimum atomic E-state index is -0.188. The first kappa shape index (κ1) is 22.1. The SMILES string of the molecule is Cc1nc2cc(C(=O)NCc3cccc(NC(=O)Cn4cccn4)c3)ccc2n1-c1ccccc1. The molecule has 0 atom stereocenters. The van der Waals surface area contributed by atoms with E-state index >= 15 is 0 Å². The van der Waals surface area contributed by atoms with E-state index in [1.54, 1.807) is 23.1 Å². The Labute approximate surface area is 202 Å². The molecule has 0 aliphatic rings. The smallest absolute Gasteiger partial charge is 0.251 e. The summed E-state index contributed by atoms with van der Waals surface area (Å²) >= 11 is 0. The predicted octanol–water partition coefficient (Wildman–Crippen LogP) is 4.10. The van der Waals surface area contributed by atoms with E-state index in [0.717, 1.165) is 28.1 Å². The van der Waals surface area contributed by atoms with E-state index in [4.69, 9.17) is 0 Å². The Balaban J connectivity index is 1.25. The normalized spacial score (nSPS) is 10.9. The summed E-state index contributed by atoms with van der Waals surface area (Å²) < 4.78 is 3.63. The zero-order valence-electron chi connectivity index (χ0n) is 19.2. The van der Waals surface area contributed by atoms with Crippen LogP contribution in [0.3, 0.4) is 0 Å². The number of amides is 2. The van der Waals surface area contributed by atoms with E-state index in [1.165, 1.54) is 0 Å². The molecule has 0 spiro atoms. The third kappa shape index (κ3) is 4.96. The van der Waals surface area contributed by atoms with Crippen molar-refractivity contribution in [3.8, 4) is 5.69 Å². The molecule has 5 aromatic rings. The number of aryl methyl sites for hydroxylation is 1. The molecule has 0 bridgehead atoms. The summed E-state index contributed by atoms with van der Waals surface area (Å²) in [5.41, 5.74) is 4.82. The summed E-state index contributed by atoms with van der Waals surface area (Å²) in [5.74, 6) is 0.496. The molecule has 2 N–H and O–H groups in total. The Morgan fingerprint density at radius 2 is 1.80 bits per heavy atom. The number of imidazole rings is 1. The van der Waals surface area contributed by atoms with Gasteiger partial charge in [0.15, 0.2) is 0 Å². The zero-order chi connectivity index (χ0) is 24.2. The first-order valence-electron chi connectivity index (χ1n) is 11.3. The van der Waals surface area contributed by atoms with Crippen molar-refractivity contribution in [1.82, 2.24) is 24.6 Å². The van der Waals surface area contributed by atoms with E-state index in [-0.39, 0.29) is 18.4 Å². The van der Waals surface area contributed by atoms with Crippen LogP contribution in [0.15, 0.2) is 91.3 Å². The molecule has 0 fully saturated rings. The lowest BCUT2D eigenvalue weighted by molar-refractivity contribution is -0.116. The van der Waals surface area contributed by atoms with E-state index in [1.807, 2.05) is 79.7 Å². The summed E-state index contributed by atoms with van der Waals surface area (Å²) in [6.45, 7) is 2.42. The second-order valence-electron chi connectivity index (χ2n) is 8.17. The molecule has 0 aliphatic heterocycles. The molecule has 2 aromatic heterocycles. The van der Waals surface area contributed by atoms with E-state index < -0.39 is 0 Å². The maximum atomic E-state index is 12.8. The van der Waals surface area contributed by atoms with Crippen LogP contribution in [0.4, 0.5) is 5.69 Å². The van der Waals surface area contributed by atoms with Gasteiger partial charge in [-0.2, -0.15) is 5.10 Å². The van der Waals surface area contributed by atoms with Crippen LogP contribution in [-0.2, 0) is 17.9 Å². The number of hydrogen-bond donors (Lipinski definition) is 2. The van der Waals surface area contributed by atoms with Crippen molar-refractivity contribution in [2.24, 2.45) is 0 Å². The summed E-state index contributed by atoms with van der Waals surface area (Å²) in [4.78, 5) is 29.7. The van der Waals surface area contributed by atoms with E-state index in [0.29, 0.717) is 17.8 Å². The molecule has 174 valence electrons. The molecule has 8 nitrogen and oxygen atoms in total. The van der Waals surface area contributed by atoms with Crippen molar-refractivity contribution >= 4 is 28.5 Å². The summed E-state index contributed by atoms with van der Waals surface area (Å²) in [6.07, 6.45) is 3.36. The van der Waals surface area contributed by atoms with Gasteiger partial charge in [0.25, 0.3) is 5.91 Å². The van der Waals surface area contributed by atoms with Crippen molar-refractivity contribution in [1.29, 1.82) is 0 Å². The highest BCUT2D eigenvalue weighted by Crippen LogP contribution is 2.22. The van der Waals surface area contributed by atoms with Gasteiger partial charge in [0.05, 0.1) is 11.0 Å². The van der Waals surface area contributed by atoms with Crippen molar-refractivity contribution < 1.29 is 9.59 Å². The van der Waals surface area contributed by atoms with Crippen LogP contribution in [0.1, 0.15) is 21.7 Å². The number of anilines is 1. The number of aromatic nitrogens is 4. The Morgan fingerprint density at radius 1 is 0.943 bits per heavy atom. The van der Waals surface area contributed by atoms with Crippen LogP contribution in [-0.4, -0.2) is 31.1 Å². The molecule has 0 saturated carbocycles. The highest BCUT2D eigenvalue weighted by Gasteiger charge is 2.13. The lowest BCUT2D eigenvalue weighted by Crippen LogP contribution is -2.23. The van der Waals surface area contributed by atoms with Gasteiger partial charge in [-0.3, -0.25) is 18.8 Å². The molecule has 0 radical (unpaired) electrons. The van der Waals surface area contributed by atoms with Gasteiger partial charge in [-0.25, -0.2) is 4.98 Å². The minimum Gasteiger partial charge on any atom is -0.348 e. The van der Waals surface area contributed by atoms with Gasteiger partial charge in [-0.05, 0) is 61.0 Å². The highest BCUT2D eigenvalue weighted by molar-refractivity contribution is 5.97.